The molecule has 0 amide bonds. The molecule has 0 aliphatic heterocycles. The second kappa shape index (κ2) is 5.54. The summed E-state index contributed by atoms with van der Waals surface area (Å²) in [4.78, 5) is 11.3. The van der Waals surface area contributed by atoms with Crippen LogP contribution in [0.5, 0.6) is 5.75 Å². The van der Waals surface area contributed by atoms with Crippen molar-refractivity contribution in [3.05, 3.63) is 28.8 Å². The Balaban J connectivity index is 3.49. The Bertz CT molecular complexity index is 480. The molecule has 0 aromatic heterocycles. The lowest BCUT2D eigenvalue weighted by Crippen LogP contribution is -2.12. The van der Waals surface area contributed by atoms with Gasteiger partial charge in [-0.25, -0.2) is 0 Å². The number of ether oxygens (including phenoxy) is 1. The highest BCUT2D eigenvalue weighted by Crippen LogP contribution is 2.36. The molecule has 7 heteroatoms. The Hall–Kier alpha value is -1.66. The summed E-state index contributed by atoms with van der Waals surface area (Å²) in [6.07, 6.45) is -4.63. The van der Waals surface area contributed by atoms with E-state index in [1.165, 1.54) is 6.92 Å². The van der Waals surface area contributed by atoms with Crippen LogP contribution in [0.15, 0.2) is 12.1 Å². The molecule has 0 aliphatic carbocycles. The molecule has 0 unspecified atom stereocenters. The van der Waals surface area contributed by atoms with Gasteiger partial charge in [0.15, 0.2) is 5.78 Å². The van der Waals surface area contributed by atoms with E-state index in [0.29, 0.717) is 12.1 Å². The van der Waals surface area contributed by atoms with Crippen LogP contribution in [0.1, 0.15) is 35.3 Å². The maximum atomic E-state index is 12.6. The minimum absolute atomic E-state index is 0.0424. The Labute approximate surface area is 106 Å². The van der Waals surface area contributed by atoms with Crippen LogP contribution in [0.4, 0.5) is 22.0 Å². The highest BCUT2D eigenvalue weighted by Gasteiger charge is 2.33. The summed E-state index contributed by atoms with van der Waals surface area (Å²) in [7, 11) is 0. The number of rotatable bonds is 4. The average molecular weight is 282 g/mol. The van der Waals surface area contributed by atoms with Gasteiger partial charge >= 0.3 is 12.8 Å². The molecule has 0 fully saturated rings. The molecular formula is C12H11F5O2. The molecule has 1 rings (SSSR count). The lowest BCUT2D eigenvalue weighted by Gasteiger charge is -2.16. The molecule has 0 heterocycles. The van der Waals surface area contributed by atoms with Crippen molar-refractivity contribution in [3.63, 3.8) is 0 Å². The van der Waals surface area contributed by atoms with Crippen molar-refractivity contribution in [2.45, 2.75) is 33.1 Å². The Morgan fingerprint density at radius 3 is 2.26 bits per heavy atom. The Morgan fingerprint density at radius 2 is 1.89 bits per heavy atom. The van der Waals surface area contributed by atoms with E-state index >= 15 is 0 Å². The molecule has 0 aliphatic rings. The number of carbonyl (C=O) groups excluding carboxylic acids is 1. The van der Waals surface area contributed by atoms with Crippen molar-refractivity contribution in [1.82, 2.24) is 0 Å². The quantitative estimate of drug-likeness (QED) is 0.614. The monoisotopic (exact) mass is 282 g/mol. The smallest absolute Gasteiger partial charge is 0.416 e. The zero-order valence-electron chi connectivity index (χ0n) is 10.1. The minimum atomic E-state index is -4.74. The van der Waals surface area contributed by atoms with E-state index in [0.717, 1.165) is 6.92 Å². The Kier molecular flexibility index (Phi) is 4.49. The fraction of sp³-hybridized carbons (Fsp3) is 0.417. The lowest BCUT2D eigenvalue weighted by atomic mass is 9.98. The number of alkyl halides is 5. The minimum Gasteiger partial charge on any atom is -0.435 e. The number of hydrogen-bond acceptors (Lipinski definition) is 2. The SMILES string of the molecule is CCc1c(OC(F)F)cc(C(F)(F)F)cc1C(C)=O. The van der Waals surface area contributed by atoms with Gasteiger partial charge in [0.2, 0.25) is 0 Å². The van der Waals surface area contributed by atoms with Crippen LogP contribution in [0.2, 0.25) is 0 Å². The van der Waals surface area contributed by atoms with Gasteiger partial charge in [0.25, 0.3) is 0 Å². The van der Waals surface area contributed by atoms with Gasteiger partial charge in [0, 0.05) is 11.1 Å². The molecule has 2 nitrogen and oxygen atoms in total. The van der Waals surface area contributed by atoms with Gasteiger partial charge in [-0.15, -0.1) is 0 Å². The van der Waals surface area contributed by atoms with Gasteiger partial charge in [-0.05, 0) is 25.5 Å². The molecule has 106 valence electrons. The second-order valence-corrected chi connectivity index (χ2v) is 3.79. The van der Waals surface area contributed by atoms with Gasteiger partial charge < -0.3 is 4.74 Å². The van der Waals surface area contributed by atoms with Crippen LogP contribution in [0.3, 0.4) is 0 Å². The Morgan fingerprint density at radius 1 is 1.32 bits per heavy atom. The third kappa shape index (κ3) is 3.65. The molecule has 0 radical (unpaired) electrons. The summed E-state index contributed by atoms with van der Waals surface area (Å²) in [6, 6.07) is 1.14. The third-order valence-corrected chi connectivity index (χ3v) is 2.49. The molecule has 1 aromatic carbocycles. The van der Waals surface area contributed by atoms with Crippen LogP contribution in [-0.2, 0) is 12.6 Å². The maximum Gasteiger partial charge on any atom is 0.416 e. The van der Waals surface area contributed by atoms with E-state index in [1.54, 1.807) is 0 Å². The van der Waals surface area contributed by atoms with Crippen molar-refractivity contribution in [2.75, 3.05) is 0 Å². The summed E-state index contributed by atoms with van der Waals surface area (Å²) in [5, 5.41) is 0. The number of hydrogen-bond donors (Lipinski definition) is 0. The molecule has 0 atom stereocenters. The van der Waals surface area contributed by atoms with Crippen LogP contribution < -0.4 is 4.74 Å². The zero-order chi connectivity index (χ0) is 14.8. The summed E-state index contributed by atoms with van der Waals surface area (Å²) < 4.78 is 66.4. The molecule has 19 heavy (non-hydrogen) atoms. The van der Waals surface area contributed by atoms with E-state index in [4.69, 9.17) is 0 Å². The molecule has 0 bridgehead atoms. The van der Waals surface area contributed by atoms with Crippen molar-refractivity contribution < 1.29 is 31.5 Å². The molecule has 1 aromatic rings. The van der Waals surface area contributed by atoms with E-state index in [2.05, 4.69) is 4.74 Å². The first-order valence-corrected chi connectivity index (χ1v) is 5.36. The number of halogens is 5. The van der Waals surface area contributed by atoms with E-state index in [-0.39, 0.29) is 17.5 Å². The van der Waals surface area contributed by atoms with Gasteiger partial charge in [-0.1, -0.05) is 6.92 Å². The zero-order valence-corrected chi connectivity index (χ0v) is 10.1. The largest absolute Gasteiger partial charge is 0.435 e. The molecule has 0 saturated carbocycles. The molecule has 0 saturated heterocycles. The summed E-state index contributed by atoms with van der Waals surface area (Å²) in [6.45, 7) is -0.651. The third-order valence-electron chi connectivity index (χ3n) is 2.49. The van der Waals surface area contributed by atoms with Crippen LogP contribution in [0.25, 0.3) is 0 Å². The highest BCUT2D eigenvalue weighted by atomic mass is 19.4. The average Bonchev–Trinajstić information content (AvgIpc) is 2.25. The highest BCUT2D eigenvalue weighted by molar-refractivity contribution is 5.96. The standard InChI is InChI=1S/C12H11F5O2/c1-3-8-9(6(2)18)4-7(12(15,16)17)5-10(8)19-11(13)14/h4-5,11H,3H2,1-2H3. The summed E-state index contributed by atoms with van der Waals surface area (Å²) >= 11 is 0. The molecule has 0 N–H and O–H groups in total. The van der Waals surface area contributed by atoms with Crippen molar-refractivity contribution >= 4 is 5.78 Å². The summed E-state index contributed by atoms with van der Waals surface area (Å²) in [5.74, 6) is -1.25. The number of ketones is 1. The first-order valence-electron chi connectivity index (χ1n) is 5.36. The number of carbonyl (C=O) groups is 1. The molecular weight excluding hydrogens is 271 g/mol. The van der Waals surface area contributed by atoms with Crippen molar-refractivity contribution in [3.8, 4) is 5.75 Å². The topological polar surface area (TPSA) is 26.3 Å². The molecule has 0 spiro atoms. The lowest BCUT2D eigenvalue weighted by molar-refractivity contribution is -0.138. The normalized spacial score (nSPS) is 11.8. The fourth-order valence-corrected chi connectivity index (χ4v) is 1.69. The van der Waals surface area contributed by atoms with Gasteiger partial charge in [-0.3, -0.25) is 4.79 Å². The number of Topliss-reactive ketones (excluding diaryl/α,β-unsaturated/α-hetero) is 1. The van der Waals surface area contributed by atoms with Crippen molar-refractivity contribution in [1.29, 1.82) is 0 Å². The number of benzene rings is 1. The van der Waals surface area contributed by atoms with Gasteiger partial charge in [0.1, 0.15) is 5.75 Å². The summed E-state index contributed by atoms with van der Waals surface area (Å²) in [5.41, 5.74) is -1.40. The second-order valence-electron chi connectivity index (χ2n) is 3.79. The van der Waals surface area contributed by atoms with E-state index in [1.807, 2.05) is 0 Å². The first-order chi connectivity index (χ1) is 8.66. The van der Waals surface area contributed by atoms with Crippen LogP contribution in [-0.4, -0.2) is 12.4 Å². The predicted octanol–water partition coefficient (Wildman–Crippen LogP) is 4.07. The first kappa shape index (κ1) is 15.4. The van der Waals surface area contributed by atoms with Gasteiger partial charge in [0.05, 0.1) is 5.56 Å². The van der Waals surface area contributed by atoms with Gasteiger partial charge in [-0.2, -0.15) is 22.0 Å². The fourth-order valence-electron chi connectivity index (χ4n) is 1.69. The predicted molar refractivity (Wildman–Crippen MR) is 57.5 cm³/mol. The van der Waals surface area contributed by atoms with E-state index < -0.39 is 29.9 Å². The van der Waals surface area contributed by atoms with E-state index in [9.17, 15) is 26.7 Å². The maximum absolute atomic E-state index is 12.6. The van der Waals surface area contributed by atoms with Crippen LogP contribution in [0, 0.1) is 0 Å². The van der Waals surface area contributed by atoms with Crippen molar-refractivity contribution in [2.24, 2.45) is 0 Å². The van der Waals surface area contributed by atoms with Crippen LogP contribution >= 0.6 is 0 Å².